The Morgan fingerprint density at radius 2 is 2.13 bits per heavy atom. The zero-order chi connectivity index (χ0) is 22.7. The number of methoxy groups -OCH3 is 1. The number of aliphatic imine (C=N–C) groups is 1. The fourth-order valence-corrected chi connectivity index (χ4v) is 3.40. The number of nitrogens with zero attached hydrogens (tertiary/aromatic N) is 2. The molecule has 31 heavy (non-hydrogen) atoms. The highest BCUT2D eigenvalue weighted by Gasteiger charge is 2.26. The van der Waals surface area contributed by atoms with Gasteiger partial charge in [-0.15, -0.1) is 0 Å². The van der Waals surface area contributed by atoms with E-state index in [1.807, 2.05) is 6.92 Å². The summed E-state index contributed by atoms with van der Waals surface area (Å²) in [6.07, 6.45) is 1.51. The van der Waals surface area contributed by atoms with E-state index in [1.165, 1.54) is 31.4 Å². The van der Waals surface area contributed by atoms with Gasteiger partial charge in [0, 0.05) is 11.6 Å². The first-order valence-corrected chi connectivity index (χ1v) is 9.98. The predicted octanol–water partition coefficient (Wildman–Crippen LogP) is 5.32. The molecule has 0 amide bonds. The van der Waals surface area contributed by atoms with Crippen LogP contribution in [0.25, 0.3) is 6.08 Å². The van der Waals surface area contributed by atoms with Gasteiger partial charge in [0.2, 0.25) is 5.90 Å². The Morgan fingerprint density at radius 3 is 2.77 bits per heavy atom. The first-order chi connectivity index (χ1) is 14.7. The average molecular weight is 508 g/mol. The van der Waals surface area contributed by atoms with Crippen LogP contribution < -0.4 is 9.47 Å². The maximum atomic E-state index is 12.3. The number of hydrogen-bond acceptors (Lipinski definition) is 7. The molecule has 0 saturated carbocycles. The lowest BCUT2D eigenvalue weighted by Gasteiger charge is -2.13. The molecule has 2 aromatic carbocycles. The van der Waals surface area contributed by atoms with Crippen molar-refractivity contribution in [2.24, 2.45) is 4.99 Å². The van der Waals surface area contributed by atoms with Crippen molar-refractivity contribution in [3.63, 3.8) is 0 Å². The van der Waals surface area contributed by atoms with Crippen LogP contribution >= 0.6 is 27.5 Å². The highest BCUT2D eigenvalue weighted by atomic mass is 79.9. The van der Waals surface area contributed by atoms with Gasteiger partial charge < -0.3 is 14.2 Å². The largest absolute Gasteiger partial charge is 0.493 e. The molecule has 0 N–H and O–H groups in total. The second-order valence-corrected chi connectivity index (χ2v) is 7.80. The third kappa shape index (κ3) is 5.12. The van der Waals surface area contributed by atoms with Crippen molar-refractivity contribution in [2.45, 2.75) is 6.92 Å². The van der Waals surface area contributed by atoms with Gasteiger partial charge in [0.05, 0.1) is 16.5 Å². The quantitative estimate of drug-likeness (QED) is 0.165. The molecule has 3 rings (SSSR count). The maximum absolute atomic E-state index is 12.3. The van der Waals surface area contributed by atoms with E-state index in [4.69, 9.17) is 25.8 Å². The summed E-state index contributed by atoms with van der Waals surface area (Å²) in [6, 6.07) is 7.44. The third-order valence-corrected chi connectivity index (χ3v) is 4.94. The van der Waals surface area contributed by atoms with Crippen LogP contribution in [0.5, 0.6) is 11.5 Å². The van der Waals surface area contributed by atoms with Crippen LogP contribution in [0.2, 0.25) is 5.02 Å². The Hall–Kier alpha value is -3.17. The van der Waals surface area contributed by atoms with Crippen LogP contribution in [-0.4, -0.2) is 30.5 Å². The lowest BCUT2D eigenvalue weighted by Crippen LogP contribution is -2.06. The highest BCUT2D eigenvalue weighted by molar-refractivity contribution is 9.10. The Kier molecular flexibility index (Phi) is 6.77. The molecule has 0 unspecified atom stereocenters. The minimum Gasteiger partial charge on any atom is -0.493 e. The fraction of sp³-hybridized carbons (Fsp3) is 0.143. The molecule has 2 aromatic rings. The van der Waals surface area contributed by atoms with Crippen molar-refractivity contribution in [1.82, 2.24) is 0 Å². The molecule has 8 nitrogen and oxygen atoms in total. The molecule has 160 valence electrons. The van der Waals surface area contributed by atoms with E-state index in [9.17, 15) is 14.9 Å². The Bertz CT molecular complexity index is 1160. The van der Waals surface area contributed by atoms with Crippen molar-refractivity contribution < 1.29 is 23.9 Å². The summed E-state index contributed by atoms with van der Waals surface area (Å²) in [4.78, 5) is 26.9. The smallest absolute Gasteiger partial charge is 0.363 e. The first-order valence-electron chi connectivity index (χ1n) is 8.81. The number of esters is 1. The maximum Gasteiger partial charge on any atom is 0.363 e. The topological polar surface area (TPSA) is 100 Å². The number of rotatable bonds is 7. The van der Waals surface area contributed by atoms with Crippen molar-refractivity contribution in [2.75, 3.05) is 13.7 Å². The zero-order valence-corrected chi connectivity index (χ0v) is 18.8. The highest BCUT2D eigenvalue weighted by Crippen LogP contribution is 2.38. The number of nitro groups is 1. The van der Waals surface area contributed by atoms with Crippen LogP contribution in [0, 0.1) is 10.1 Å². The van der Waals surface area contributed by atoms with Crippen LogP contribution in [0.1, 0.15) is 18.1 Å². The van der Waals surface area contributed by atoms with Gasteiger partial charge in [-0.1, -0.05) is 18.2 Å². The van der Waals surface area contributed by atoms with E-state index in [-0.39, 0.29) is 27.9 Å². The summed E-state index contributed by atoms with van der Waals surface area (Å²) in [5.74, 6) is 0.208. The van der Waals surface area contributed by atoms with Gasteiger partial charge in [-0.2, -0.15) is 0 Å². The van der Waals surface area contributed by atoms with E-state index in [0.717, 1.165) is 5.57 Å². The van der Waals surface area contributed by atoms with Crippen LogP contribution in [-0.2, 0) is 9.53 Å². The van der Waals surface area contributed by atoms with Gasteiger partial charge in [0.25, 0.3) is 5.69 Å². The molecule has 0 bridgehead atoms. The zero-order valence-electron chi connectivity index (χ0n) is 16.5. The summed E-state index contributed by atoms with van der Waals surface area (Å²) in [6.45, 7) is 5.97. The molecule has 0 radical (unpaired) electrons. The molecular weight excluding hydrogens is 492 g/mol. The molecule has 1 aliphatic heterocycles. The van der Waals surface area contributed by atoms with Crippen molar-refractivity contribution in [3.8, 4) is 11.5 Å². The Labute approximate surface area is 191 Å². The molecule has 0 atom stereocenters. The minimum atomic E-state index is -0.690. The van der Waals surface area contributed by atoms with Crippen LogP contribution in [0.3, 0.4) is 0 Å². The molecule has 0 aromatic heterocycles. The molecule has 0 aliphatic carbocycles. The molecule has 0 saturated heterocycles. The number of hydrogen-bond donors (Lipinski definition) is 0. The van der Waals surface area contributed by atoms with Gasteiger partial charge >= 0.3 is 5.97 Å². The summed E-state index contributed by atoms with van der Waals surface area (Å²) >= 11 is 9.26. The number of benzene rings is 2. The number of carbonyl (C=O) groups is 1. The average Bonchev–Trinajstić information content (AvgIpc) is 3.07. The molecule has 0 spiro atoms. The molecular formula is C21H16BrClN2O6. The second-order valence-electron chi connectivity index (χ2n) is 6.54. The Balaban J connectivity index is 1.95. The predicted molar refractivity (Wildman–Crippen MR) is 120 cm³/mol. The number of cyclic esters (lactones) is 1. The number of halogens is 2. The van der Waals surface area contributed by atoms with E-state index in [0.29, 0.717) is 28.1 Å². The number of ether oxygens (including phenoxy) is 3. The lowest BCUT2D eigenvalue weighted by atomic mass is 10.1. The van der Waals surface area contributed by atoms with Crippen LogP contribution in [0.15, 0.2) is 57.6 Å². The third-order valence-electron chi connectivity index (χ3n) is 4.03. The van der Waals surface area contributed by atoms with E-state index in [2.05, 4.69) is 27.5 Å². The summed E-state index contributed by atoms with van der Waals surface area (Å²) in [5, 5.41) is 11.1. The number of nitro benzene ring substituents is 1. The van der Waals surface area contributed by atoms with E-state index < -0.39 is 10.9 Å². The van der Waals surface area contributed by atoms with Gasteiger partial charge in [-0.3, -0.25) is 10.1 Å². The normalized spacial score (nSPS) is 14.3. The van der Waals surface area contributed by atoms with Crippen molar-refractivity contribution in [1.29, 1.82) is 0 Å². The first kappa shape index (κ1) is 22.5. The van der Waals surface area contributed by atoms with Gasteiger partial charge in [-0.25, -0.2) is 9.79 Å². The lowest BCUT2D eigenvalue weighted by molar-refractivity contribution is -0.384. The van der Waals surface area contributed by atoms with E-state index >= 15 is 0 Å². The molecule has 1 aliphatic rings. The summed E-state index contributed by atoms with van der Waals surface area (Å²) in [7, 11) is 1.50. The summed E-state index contributed by atoms with van der Waals surface area (Å²) in [5.41, 5.74) is 1.42. The van der Waals surface area contributed by atoms with Gasteiger partial charge in [0.15, 0.2) is 17.2 Å². The van der Waals surface area contributed by atoms with Gasteiger partial charge in [-0.05, 0) is 64.3 Å². The standard InChI is InChI=1S/C21H16BrClN2O6/c1-11(2)10-30-19-14(22)6-12(8-18(19)29-3)7-16-21(26)31-20(24-16)13-4-5-15(23)17(9-13)25(27)28/h4-9H,1,10H2,2-3H3/b16-7-. The molecule has 10 heteroatoms. The SMILES string of the molecule is C=C(C)COc1c(Br)cc(/C=C2\N=C(c3ccc(Cl)c([N+](=O)[O-])c3)OC2=O)cc1OC. The van der Waals surface area contributed by atoms with Crippen molar-refractivity contribution >= 4 is 51.2 Å². The van der Waals surface area contributed by atoms with Crippen molar-refractivity contribution in [3.05, 3.63) is 78.9 Å². The molecule has 1 heterocycles. The second kappa shape index (κ2) is 9.32. The monoisotopic (exact) mass is 506 g/mol. The van der Waals surface area contributed by atoms with E-state index in [1.54, 1.807) is 12.1 Å². The van der Waals surface area contributed by atoms with Gasteiger partial charge in [0.1, 0.15) is 11.6 Å². The molecule has 0 fully saturated rings. The minimum absolute atomic E-state index is 0.0251. The Morgan fingerprint density at radius 1 is 1.39 bits per heavy atom. The number of carbonyl (C=O) groups excluding carboxylic acids is 1. The summed E-state index contributed by atoms with van der Waals surface area (Å²) < 4.78 is 16.9. The van der Waals surface area contributed by atoms with Crippen LogP contribution in [0.4, 0.5) is 5.69 Å². The fourth-order valence-electron chi connectivity index (χ4n) is 2.63.